The van der Waals surface area contributed by atoms with Crippen LogP contribution in [0.2, 0.25) is 0 Å². The predicted molar refractivity (Wildman–Crippen MR) is 74.9 cm³/mol. The normalized spacial score (nSPS) is 11.8. The van der Waals surface area contributed by atoms with Gasteiger partial charge in [-0.1, -0.05) is 0 Å². The molecule has 19 heavy (non-hydrogen) atoms. The third kappa shape index (κ3) is 4.77. The van der Waals surface area contributed by atoms with Crippen molar-refractivity contribution in [2.24, 2.45) is 0 Å². The van der Waals surface area contributed by atoms with Crippen molar-refractivity contribution in [1.82, 2.24) is 9.62 Å². The Hall–Kier alpha value is -1.18. The van der Waals surface area contributed by atoms with Gasteiger partial charge in [-0.15, -0.1) is 0 Å². The van der Waals surface area contributed by atoms with Gasteiger partial charge in [-0.25, -0.2) is 4.39 Å². The van der Waals surface area contributed by atoms with Crippen LogP contribution >= 0.6 is 0 Å². The zero-order valence-electron chi connectivity index (χ0n) is 11.4. The third-order valence-corrected chi connectivity index (χ3v) is 4.22. The zero-order chi connectivity index (χ0) is 14.5. The molecule has 108 valence electrons. The second-order valence-electron chi connectivity index (χ2n) is 4.34. The summed E-state index contributed by atoms with van der Waals surface area (Å²) in [6.45, 7) is 2.81. The highest BCUT2D eigenvalue weighted by atomic mass is 32.2. The fourth-order valence-corrected chi connectivity index (χ4v) is 2.59. The third-order valence-electron chi connectivity index (χ3n) is 2.74. The second-order valence-corrected chi connectivity index (χ2v) is 6.12. The number of rotatable bonds is 7. The number of hydrogen-bond acceptors (Lipinski definition) is 3. The highest BCUT2D eigenvalue weighted by Crippen LogP contribution is 2.17. The molecule has 0 amide bonds. The standard InChI is InChI=1S/C12H20FN3O2S/c1-10-9-11(13)5-6-12(10)15-19(17,18)16(3)8-4-7-14-2/h5-6,9,14-15H,4,7-8H2,1-3H3. The Kier molecular flexibility index (Phi) is 5.71. The minimum Gasteiger partial charge on any atom is -0.320 e. The fourth-order valence-electron chi connectivity index (χ4n) is 1.56. The molecule has 5 nitrogen and oxygen atoms in total. The Morgan fingerprint density at radius 2 is 2.05 bits per heavy atom. The van der Waals surface area contributed by atoms with Crippen LogP contribution in [-0.2, 0) is 10.2 Å². The van der Waals surface area contributed by atoms with Gasteiger partial charge < -0.3 is 5.32 Å². The molecule has 0 aliphatic rings. The Balaban J connectivity index is 2.73. The first-order chi connectivity index (χ1) is 8.86. The van der Waals surface area contributed by atoms with Crippen LogP contribution in [-0.4, -0.2) is 39.9 Å². The van der Waals surface area contributed by atoms with Gasteiger partial charge in [0.05, 0.1) is 5.69 Å². The van der Waals surface area contributed by atoms with Crippen LogP contribution in [0.25, 0.3) is 0 Å². The first kappa shape index (κ1) is 15.9. The largest absolute Gasteiger partial charge is 0.320 e. The first-order valence-corrected chi connectivity index (χ1v) is 7.45. The molecule has 0 aromatic heterocycles. The second kappa shape index (κ2) is 6.83. The van der Waals surface area contributed by atoms with E-state index in [-0.39, 0.29) is 5.82 Å². The van der Waals surface area contributed by atoms with Gasteiger partial charge in [0, 0.05) is 13.6 Å². The van der Waals surface area contributed by atoms with Gasteiger partial charge in [0.15, 0.2) is 0 Å². The van der Waals surface area contributed by atoms with Crippen LogP contribution in [0.5, 0.6) is 0 Å². The molecule has 0 radical (unpaired) electrons. The number of halogens is 1. The van der Waals surface area contributed by atoms with E-state index in [1.54, 1.807) is 6.92 Å². The minimum atomic E-state index is -3.60. The molecule has 0 aliphatic carbocycles. The summed E-state index contributed by atoms with van der Waals surface area (Å²) in [6, 6.07) is 3.94. The van der Waals surface area contributed by atoms with Gasteiger partial charge in [-0.05, 0) is 50.7 Å². The Morgan fingerprint density at radius 3 is 2.63 bits per heavy atom. The number of nitrogens with one attached hydrogen (secondary N) is 2. The molecule has 7 heteroatoms. The average molecular weight is 289 g/mol. The molecule has 0 aliphatic heterocycles. The summed E-state index contributed by atoms with van der Waals surface area (Å²) in [5.41, 5.74) is 0.939. The smallest absolute Gasteiger partial charge is 0.301 e. The summed E-state index contributed by atoms with van der Waals surface area (Å²) in [5, 5.41) is 2.96. The topological polar surface area (TPSA) is 61.4 Å². The van der Waals surface area contributed by atoms with Gasteiger partial charge in [0.25, 0.3) is 0 Å². The Labute approximate surface area is 114 Å². The predicted octanol–water partition coefficient (Wildman–Crippen LogP) is 1.33. The van der Waals surface area contributed by atoms with E-state index >= 15 is 0 Å². The fraction of sp³-hybridized carbons (Fsp3) is 0.500. The zero-order valence-corrected chi connectivity index (χ0v) is 12.2. The summed E-state index contributed by atoms with van der Waals surface area (Å²) in [5.74, 6) is -0.386. The highest BCUT2D eigenvalue weighted by Gasteiger charge is 2.17. The molecule has 1 rings (SSSR count). The molecule has 0 unspecified atom stereocenters. The van der Waals surface area contributed by atoms with Crippen LogP contribution in [0.1, 0.15) is 12.0 Å². The molecule has 0 spiro atoms. The van der Waals surface area contributed by atoms with E-state index in [9.17, 15) is 12.8 Å². The lowest BCUT2D eigenvalue weighted by Crippen LogP contribution is -2.34. The molecule has 0 fully saturated rings. The summed E-state index contributed by atoms with van der Waals surface area (Å²) in [7, 11) is -0.271. The van der Waals surface area contributed by atoms with Gasteiger partial charge in [0.2, 0.25) is 0 Å². The highest BCUT2D eigenvalue weighted by molar-refractivity contribution is 7.90. The van der Waals surface area contributed by atoms with Crippen molar-refractivity contribution in [1.29, 1.82) is 0 Å². The lowest BCUT2D eigenvalue weighted by Gasteiger charge is -2.19. The quantitative estimate of drug-likeness (QED) is 0.745. The van der Waals surface area contributed by atoms with E-state index in [4.69, 9.17) is 0 Å². The summed E-state index contributed by atoms with van der Waals surface area (Å²) in [4.78, 5) is 0. The summed E-state index contributed by atoms with van der Waals surface area (Å²) >= 11 is 0. The molecule has 2 N–H and O–H groups in total. The van der Waals surface area contributed by atoms with E-state index in [1.807, 2.05) is 7.05 Å². The van der Waals surface area contributed by atoms with Crippen molar-refractivity contribution in [3.8, 4) is 0 Å². The average Bonchev–Trinajstić information content (AvgIpc) is 2.33. The van der Waals surface area contributed by atoms with Crippen LogP contribution in [0, 0.1) is 12.7 Å². The maximum absolute atomic E-state index is 12.9. The van der Waals surface area contributed by atoms with Gasteiger partial charge >= 0.3 is 10.2 Å². The number of aryl methyl sites for hydroxylation is 1. The number of nitrogens with zero attached hydrogens (tertiary/aromatic N) is 1. The van der Waals surface area contributed by atoms with Crippen LogP contribution in [0.4, 0.5) is 10.1 Å². The minimum absolute atomic E-state index is 0.386. The molecule has 0 heterocycles. The van der Waals surface area contributed by atoms with Crippen LogP contribution in [0.3, 0.4) is 0 Å². The first-order valence-electron chi connectivity index (χ1n) is 6.01. The van der Waals surface area contributed by atoms with Crippen molar-refractivity contribution in [2.45, 2.75) is 13.3 Å². The maximum Gasteiger partial charge on any atom is 0.301 e. The molecule has 0 saturated carbocycles. The molecular formula is C12H20FN3O2S. The van der Waals surface area contributed by atoms with E-state index < -0.39 is 10.2 Å². The van der Waals surface area contributed by atoms with Crippen LogP contribution < -0.4 is 10.0 Å². The van der Waals surface area contributed by atoms with Crippen LogP contribution in [0.15, 0.2) is 18.2 Å². The summed E-state index contributed by atoms with van der Waals surface area (Å²) < 4.78 is 40.7. The van der Waals surface area contributed by atoms with Gasteiger partial charge in [-0.3, -0.25) is 4.72 Å². The van der Waals surface area contributed by atoms with Crippen molar-refractivity contribution >= 4 is 15.9 Å². The summed E-state index contributed by atoms with van der Waals surface area (Å²) in [6.07, 6.45) is 0.719. The van der Waals surface area contributed by atoms with Crippen molar-refractivity contribution < 1.29 is 12.8 Å². The Morgan fingerprint density at radius 1 is 1.37 bits per heavy atom. The molecule has 0 atom stereocenters. The molecular weight excluding hydrogens is 269 g/mol. The van der Waals surface area contributed by atoms with Crippen molar-refractivity contribution in [3.63, 3.8) is 0 Å². The molecule has 1 aromatic carbocycles. The van der Waals surface area contributed by atoms with Crippen molar-refractivity contribution in [2.75, 3.05) is 31.9 Å². The van der Waals surface area contributed by atoms with E-state index in [0.29, 0.717) is 17.8 Å². The number of hydrogen-bond donors (Lipinski definition) is 2. The van der Waals surface area contributed by atoms with Crippen molar-refractivity contribution in [3.05, 3.63) is 29.6 Å². The number of benzene rings is 1. The van der Waals surface area contributed by atoms with E-state index in [2.05, 4.69) is 10.0 Å². The SMILES string of the molecule is CNCCCN(C)S(=O)(=O)Nc1ccc(F)cc1C. The van der Waals surface area contributed by atoms with Gasteiger partial charge in [0.1, 0.15) is 5.82 Å². The molecule has 0 saturated heterocycles. The Bertz CT molecular complexity index is 520. The lowest BCUT2D eigenvalue weighted by molar-refractivity contribution is 0.462. The van der Waals surface area contributed by atoms with E-state index in [1.165, 1.54) is 29.6 Å². The maximum atomic E-state index is 12.9. The molecule has 1 aromatic rings. The molecule has 0 bridgehead atoms. The van der Waals surface area contributed by atoms with E-state index in [0.717, 1.165) is 13.0 Å². The number of anilines is 1. The van der Waals surface area contributed by atoms with Gasteiger partial charge in [-0.2, -0.15) is 12.7 Å². The lowest BCUT2D eigenvalue weighted by atomic mass is 10.2. The monoisotopic (exact) mass is 289 g/mol.